The molecule has 248 valence electrons. The largest absolute Gasteiger partial charge is 0.488 e. The molecule has 1 amide bonds. The lowest BCUT2D eigenvalue weighted by Crippen LogP contribution is -2.52. The molecule has 3 heterocycles. The van der Waals surface area contributed by atoms with E-state index in [2.05, 4.69) is 49.7 Å². The maximum atomic E-state index is 12.9. The van der Waals surface area contributed by atoms with E-state index in [1.54, 1.807) is 31.0 Å². The summed E-state index contributed by atoms with van der Waals surface area (Å²) in [6.07, 6.45) is 10.3. The standard InChI is InChI=1S/C33H45ClN8O3S/c1-20(2)46(44)32-29(19-40(5)39-32)36-31-27(34)18-35-33(38-31)37-28-16-21(3)26(17-30(28)45-25-10-11-25)23-6-8-24(9-7-23)42-14-12-41(13-15-42)22(4)43/h16-20,23-25H,6-15H2,1-5H3,(H2,35,36,37,38). The Kier molecular flexibility index (Phi) is 9.86. The van der Waals surface area contributed by atoms with Gasteiger partial charge in [0.05, 0.1) is 34.5 Å². The molecule has 2 saturated carbocycles. The number of anilines is 4. The van der Waals surface area contributed by atoms with Gasteiger partial charge in [0, 0.05) is 57.6 Å². The Hall–Kier alpha value is -3.22. The first-order valence-electron chi connectivity index (χ1n) is 16.4. The van der Waals surface area contributed by atoms with Crippen LogP contribution in [0, 0.1) is 6.92 Å². The summed E-state index contributed by atoms with van der Waals surface area (Å²) in [7, 11) is 0.502. The Balaban J connectivity index is 1.17. The summed E-state index contributed by atoms with van der Waals surface area (Å²) in [6, 6.07) is 4.97. The zero-order valence-electron chi connectivity index (χ0n) is 27.4. The van der Waals surface area contributed by atoms with Gasteiger partial charge in [-0.25, -0.2) is 4.98 Å². The molecule has 1 aliphatic heterocycles. The molecule has 6 rings (SSSR count). The number of piperazine rings is 1. The van der Waals surface area contributed by atoms with E-state index in [1.165, 1.54) is 24.0 Å². The van der Waals surface area contributed by atoms with Gasteiger partial charge in [-0.1, -0.05) is 25.4 Å². The third kappa shape index (κ3) is 7.50. The van der Waals surface area contributed by atoms with Crippen LogP contribution in [0.1, 0.15) is 76.3 Å². The number of carbonyl (C=O) groups excluding carboxylic acids is 1. The summed E-state index contributed by atoms with van der Waals surface area (Å²) >= 11 is 6.51. The van der Waals surface area contributed by atoms with E-state index in [0.717, 1.165) is 63.3 Å². The molecule has 11 nitrogen and oxygen atoms in total. The van der Waals surface area contributed by atoms with Gasteiger partial charge >= 0.3 is 0 Å². The highest BCUT2D eigenvalue weighted by atomic mass is 35.5. The summed E-state index contributed by atoms with van der Waals surface area (Å²) in [5.74, 6) is 2.26. The lowest BCUT2D eigenvalue weighted by molar-refractivity contribution is -0.131. The molecular formula is C33H45ClN8O3S. The first-order valence-corrected chi connectivity index (χ1v) is 18.0. The van der Waals surface area contributed by atoms with Gasteiger partial charge in [-0.05, 0) is 74.6 Å². The van der Waals surface area contributed by atoms with Crippen molar-refractivity contribution in [1.82, 2.24) is 29.5 Å². The summed E-state index contributed by atoms with van der Waals surface area (Å²) in [4.78, 5) is 25.4. The molecule has 2 aliphatic carbocycles. The fourth-order valence-electron chi connectivity index (χ4n) is 6.55. The molecular weight excluding hydrogens is 624 g/mol. The van der Waals surface area contributed by atoms with Crippen LogP contribution in [0.3, 0.4) is 0 Å². The van der Waals surface area contributed by atoms with E-state index in [0.29, 0.717) is 39.5 Å². The summed E-state index contributed by atoms with van der Waals surface area (Å²) in [5, 5.41) is 11.7. The monoisotopic (exact) mass is 668 g/mol. The molecule has 1 atom stereocenters. The number of aryl methyl sites for hydroxylation is 2. The van der Waals surface area contributed by atoms with Gasteiger partial charge in [0.2, 0.25) is 11.9 Å². The minimum absolute atomic E-state index is 0.0885. The predicted molar refractivity (Wildman–Crippen MR) is 182 cm³/mol. The van der Waals surface area contributed by atoms with E-state index < -0.39 is 10.8 Å². The molecule has 3 aliphatic rings. The average molecular weight is 669 g/mol. The smallest absolute Gasteiger partial charge is 0.229 e. The third-order valence-electron chi connectivity index (χ3n) is 9.26. The number of benzene rings is 1. The van der Waals surface area contributed by atoms with Crippen LogP contribution in [0.2, 0.25) is 5.02 Å². The molecule has 46 heavy (non-hydrogen) atoms. The van der Waals surface area contributed by atoms with E-state index in [-0.39, 0.29) is 17.3 Å². The van der Waals surface area contributed by atoms with Crippen LogP contribution in [-0.2, 0) is 22.6 Å². The van der Waals surface area contributed by atoms with Crippen LogP contribution >= 0.6 is 11.6 Å². The van der Waals surface area contributed by atoms with E-state index in [9.17, 15) is 9.00 Å². The number of nitrogens with one attached hydrogen (secondary N) is 2. The maximum absolute atomic E-state index is 12.9. The SMILES string of the molecule is CC(=O)N1CCN(C2CCC(c3cc(OC4CC4)c(Nc4ncc(Cl)c(Nc5cn(C)nc5S(=O)C(C)C)n4)cc3C)CC2)CC1. The normalized spacial score (nSPS) is 21.3. The van der Waals surface area contributed by atoms with Crippen molar-refractivity contribution in [3.63, 3.8) is 0 Å². The summed E-state index contributed by atoms with van der Waals surface area (Å²) in [5.41, 5.74) is 3.98. The highest BCUT2D eigenvalue weighted by Gasteiger charge is 2.31. The van der Waals surface area contributed by atoms with Crippen LogP contribution in [0.5, 0.6) is 5.75 Å². The molecule has 1 aromatic carbocycles. The van der Waals surface area contributed by atoms with Gasteiger partial charge in [0.1, 0.15) is 10.8 Å². The first-order chi connectivity index (χ1) is 22.0. The van der Waals surface area contributed by atoms with Gasteiger partial charge in [-0.3, -0.25) is 18.6 Å². The van der Waals surface area contributed by atoms with Crippen LogP contribution in [-0.4, -0.2) is 83.2 Å². The lowest BCUT2D eigenvalue weighted by atomic mass is 9.79. The molecule has 1 unspecified atom stereocenters. The third-order valence-corrected chi connectivity index (χ3v) is 11.1. The summed E-state index contributed by atoms with van der Waals surface area (Å²) < 4.78 is 20.9. The van der Waals surface area contributed by atoms with Crippen LogP contribution < -0.4 is 15.4 Å². The highest BCUT2D eigenvalue weighted by molar-refractivity contribution is 7.85. The van der Waals surface area contributed by atoms with Crippen LogP contribution in [0.4, 0.5) is 23.1 Å². The lowest BCUT2D eigenvalue weighted by Gasteiger charge is -2.42. The van der Waals surface area contributed by atoms with Crippen molar-refractivity contribution in [3.05, 3.63) is 40.7 Å². The molecule has 1 saturated heterocycles. The van der Waals surface area contributed by atoms with Crippen LogP contribution in [0.25, 0.3) is 0 Å². The number of hydrogen-bond donors (Lipinski definition) is 2. The van der Waals surface area contributed by atoms with Gasteiger partial charge < -0.3 is 20.3 Å². The highest BCUT2D eigenvalue weighted by Crippen LogP contribution is 2.42. The van der Waals surface area contributed by atoms with E-state index in [4.69, 9.17) is 16.3 Å². The number of rotatable bonds is 10. The van der Waals surface area contributed by atoms with Crippen molar-refractivity contribution in [1.29, 1.82) is 0 Å². The number of ether oxygens (including phenoxy) is 1. The molecule has 3 aromatic rings. The molecule has 0 spiro atoms. The number of aromatic nitrogens is 4. The van der Waals surface area contributed by atoms with Gasteiger partial charge in [-0.2, -0.15) is 10.1 Å². The molecule has 0 radical (unpaired) electrons. The van der Waals surface area contributed by atoms with Crippen molar-refractivity contribution in [3.8, 4) is 5.75 Å². The van der Waals surface area contributed by atoms with Crippen LogP contribution in [0.15, 0.2) is 29.6 Å². The fraction of sp³-hybridized carbons (Fsp3) is 0.576. The molecule has 3 fully saturated rings. The minimum Gasteiger partial charge on any atom is -0.488 e. The van der Waals surface area contributed by atoms with E-state index in [1.807, 2.05) is 18.7 Å². The van der Waals surface area contributed by atoms with Crippen molar-refractivity contribution in [2.24, 2.45) is 7.05 Å². The second kappa shape index (κ2) is 13.9. The zero-order valence-corrected chi connectivity index (χ0v) is 29.0. The molecule has 0 bridgehead atoms. The van der Waals surface area contributed by atoms with Crippen molar-refractivity contribution in [2.75, 3.05) is 36.8 Å². The maximum Gasteiger partial charge on any atom is 0.229 e. The molecule has 13 heteroatoms. The van der Waals surface area contributed by atoms with Gasteiger partial charge in [0.25, 0.3) is 0 Å². The Morgan fingerprint density at radius 1 is 1.04 bits per heavy atom. The van der Waals surface area contributed by atoms with Crippen molar-refractivity contribution in [2.45, 2.75) is 94.6 Å². The number of carbonyl (C=O) groups is 1. The topological polar surface area (TPSA) is 118 Å². The zero-order chi connectivity index (χ0) is 32.5. The predicted octanol–water partition coefficient (Wildman–Crippen LogP) is 5.91. The second-order valence-electron chi connectivity index (χ2n) is 13.1. The average Bonchev–Trinajstić information content (AvgIpc) is 3.78. The second-order valence-corrected chi connectivity index (χ2v) is 15.4. The Bertz CT molecular complexity index is 1590. The molecule has 2 aromatic heterocycles. The van der Waals surface area contributed by atoms with Crippen molar-refractivity contribution >= 4 is 51.4 Å². The number of nitrogens with zero attached hydrogens (tertiary/aromatic N) is 6. The van der Waals surface area contributed by atoms with Gasteiger partial charge in [-0.15, -0.1) is 0 Å². The van der Waals surface area contributed by atoms with Gasteiger partial charge in [0.15, 0.2) is 10.8 Å². The quantitative estimate of drug-likeness (QED) is 0.272. The summed E-state index contributed by atoms with van der Waals surface area (Å²) in [6.45, 7) is 11.2. The van der Waals surface area contributed by atoms with Crippen molar-refractivity contribution < 1.29 is 13.7 Å². The number of halogens is 1. The number of hydrogen-bond acceptors (Lipinski definition) is 9. The Morgan fingerprint density at radius 2 is 1.76 bits per heavy atom. The van der Waals surface area contributed by atoms with E-state index >= 15 is 0 Å². The number of amides is 1. The molecule has 2 N–H and O–H groups in total. The Labute approximate surface area is 278 Å². The fourth-order valence-corrected chi connectivity index (χ4v) is 7.66. The Morgan fingerprint density at radius 3 is 2.41 bits per heavy atom. The first kappa shape index (κ1) is 32.7. The minimum atomic E-state index is -1.29.